The summed E-state index contributed by atoms with van der Waals surface area (Å²) in [4.78, 5) is 16.7. The molecule has 0 aliphatic heterocycles. The van der Waals surface area contributed by atoms with Gasteiger partial charge in [0.05, 0.1) is 12.0 Å². The van der Waals surface area contributed by atoms with Gasteiger partial charge in [-0.15, -0.1) is 0 Å². The van der Waals surface area contributed by atoms with E-state index in [0.717, 1.165) is 22.6 Å². The molecule has 0 atom stereocenters. The Morgan fingerprint density at radius 3 is 2.64 bits per heavy atom. The summed E-state index contributed by atoms with van der Waals surface area (Å²) in [6.45, 7) is 2.90. The quantitative estimate of drug-likeness (QED) is 0.375. The summed E-state index contributed by atoms with van der Waals surface area (Å²) in [6, 6.07) is 21.2. The summed E-state index contributed by atoms with van der Waals surface area (Å²) in [5.41, 5.74) is 3.38. The number of nitrogens with zero attached hydrogens (tertiary/aromatic N) is 2. The Morgan fingerprint density at radius 1 is 1.03 bits per heavy atom. The molecular weight excluding hydrogens is 419 g/mol. The van der Waals surface area contributed by atoms with Gasteiger partial charge in [0.1, 0.15) is 11.6 Å². The first kappa shape index (κ1) is 22.1. The summed E-state index contributed by atoms with van der Waals surface area (Å²) in [6.07, 6.45) is 4.05. The van der Waals surface area contributed by atoms with Crippen LogP contribution in [-0.2, 0) is 13.0 Å². The van der Waals surface area contributed by atoms with Gasteiger partial charge < -0.3 is 19.9 Å². The number of rotatable bonds is 8. The summed E-state index contributed by atoms with van der Waals surface area (Å²) in [5.74, 6) is 1.04. The number of benzene rings is 3. The van der Waals surface area contributed by atoms with Gasteiger partial charge in [-0.2, -0.15) is 0 Å². The lowest BCUT2D eigenvalue weighted by Gasteiger charge is -2.14. The van der Waals surface area contributed by atoms with Gasteiger partial charge in [-0.3, -0.25) is 0 Å². The largest absolute Gasteiger partial charge is 0.455 e. The lowest BCUT2D eigenvalue weighted by Crippen LogP contribution is -2.31. The Bertz CT molecular complexity index is 1240. The molecular formula is C26H25FN4O2. The number of nitrogens with one attached hydrogen (secondary N) is 2. The van der Waals surface area contributed by atoms with Crippen molar-refractivity contribution in [2.24, 2.45) is 0 Å². The van der Waals surface area contributed by atoms with Crippen molar-refractivity contribution in [2.45, 2.75) is 19.9 Å². The Labute approximate surface area is 192 Å². The van der Waals surface area contributed by atoms with E-state index in [0.29, 0.717) is 30.9 Å². The molecule has 1 heterocycles. The van der Waals surface area contributed by atoms with Crippen LogP contribution in [0.25, 0.3) is 0 Å². The van der Waals surface area contributed by atoms with Crippen LogP contribution in [0.2, 0.25) is 0 Å². The molecule has 6 nitrogen and oxygen atoms in total. The summed E-state index contributed by atoms with van der Waals surface area (Å²) >= 11 is 0. The maximum absolute atomic E-state index is 13.4. The van der Waals surface area contributed by atoms with E-state index in [9.17, 15) is 9.18 Å². The summed E-state index contributed by atoms with van der Waals surface area (Å²) in [7, 11) is 0. The van der Waals surface area contributed by atoms with Gasteiger partial charge in [0.25, 0.3) is 0 Å². The van der Waals surface area contributed by atoms with E-state index >= 15 is 0 Å². The standard InChI is InChI=1S/C26H25FN4O2/c1-19-7-2-4-11-24(19)33-25-12-5-3-10-23(25)30-26(32)29-14-13-22-16-28-18-31(22)17-20-8-6-9-21(27)15-20/h2-12,15-16,18H,13-14,17H2,1H3,(H2,29,30,32). The minimum absolute atomic E-state index is 0.265. The summed E-state index contributed by atoms with van der Waals surface area (Å²) in [5, 5.41) is 5.72. The number of para-hydroxylation sites is 3. The SMILES string of the molecule is Cc1ccccc1Oc1ccccc1NC(=O)NCCc1cncn1Cc1cccc(F)c1. The van der Waals surface area contributed by atoms with Crippen LogP contribution in [0.15, 0.2) is 85.3 Å². The van der Waals surface area contributed by atoms with Crippen LogP contribution in [0.3, 0.4) is 0 Å². The molecule has 4 aromatic rings. The van der Waals surface area contributed by atoms with Crippen molar-refractivity contribution in [1.29, 1.82) is 0 Å². The lowest BCUT2D eigenvalue weighted by atomic mass is 10.2. The number of urea groups is 1. The number of carbonyl (C=O) groups is 1. The third-order valence-electron chi connectivity index (χ3n) is 5.16. The molecule has 0 aliphatic rings. The number of anilines is 1. The molecule has 7 heteroatoms. The van der Waals surface area contributed by atoms with Crippen LogP contribution in [-0.4, -0.2) is 22.1 Å². The number of carbonyl (C=O) groups excluding carboxylic acids is 1. The maximum atomic E-state index is 13.4. The third kappa shape index (κ3) is 5.98. The lowest BCUT2D eigenvalue weighted by molar-refractivity contribution is 0.252. The minimum atomic E-state index is -0.327. The molecule has 33 heavy (non-hydrogen) atoms. The van der Waals surface area contributed by atoms with E-state index in [2.05, 4.69) is 15.6 Å². The van der Waals surface area contributed by atoms with Crippen LogP contribution in [0.1, 0.15) is 16.8 Å². The van der Waals surface area contributed by atoms with Crippen LogP contribution in [0, 0.1) is 12.7 Å². The van der Waals surface area contributed by atoms with Crippen LogP contribution in [0.4, 0.5) is 14.9 Å². The van der Waals surface area contributed by atoms with Crippen molar-refractivity contribution in [1.82, 2.24) is 14.9 Å². The first-order valence-corrected chi connectivity index (χ1v) is 10.7. The molecule has 0 aliphatic carbocycles. The molecule has 2 N–H and O–H groups in total. The normalized spacial score (nSPS) is 10.6. The smallest absolute Gasteiger partial charge is 0.319 e. The highest BCUT2D eigenvalue weighted by molar-refractivity contribution is 5.90. The van der Waals surface area contributed by atoms with Gasteiger partial charge in [-0.1, -0.05) is 42.5 Å². The van der Waals surface area contributed by atoms with Gasteiger partial charge in [0.15, 0.2) is 5.75 Å². The number of ether oxygens (including phenoxy) is 1. The highest BCUT2D eigenvalue weighted by Crippen LogP contribution is 2.30. The zero-order chi connectivity index (χ0) is 23.0. The first-order valence-electron chi connectivity index (χ1n) is 10.7. The number of hydrogen-bond acceptors (Lipinski definition) is 3. The van der Waals surface area contributed by atoms with Gasteiger partial charge in [-0.25, -0.2) is 14.2 Å². The van der Waals surface area contributed by atoms with Crippen molar-refractivity contribution in [2.75, 3.05) is 11.9 Å². The van der Waals surface area contributed by atoms with E-state index in [-0.39, 0.29) is 11.8 Å². The number of aromatic nitrogens is 2. The van der Waals surface area contributed by atoms with Crippen molar-refractivity contribution in [3.63, 3.8) is 0 Å². The molecule has 3 aromatic carbocycles. The monoisotopic (exact) mass is 444 g/mol. The number of imidazole rings is 1. The van der Waals surface area contributed by atoms with Crippen molar-refractivity contribution in [3.05, 3.63) is 108 Å². The molecule has 0 spiro atoms. The molecule has 0 saturated carbocycles. The van der Waals surface area contributed by atoms with Crippen LogP contribution in [0.5, 0.6) is 11.5 Å². The van der Waals surface area contributed by atoms with Crippen molar-refractivity contribution < 1.29 is 13.9 Å². The fraction of sp³-hybridized carbons (Fsp3) is 0.154. The Kier molecular flexibility index (Phi) is 6.99. The number of amides is 2. The zero-order valence-corrected chi connectivity index (χ0v) is 18.3. The fourth-order valence-corrected chi connectivity index (χ4v) is 3.45. The van der Waals surface area contributed by atoms with Gasteiger partial charge in [0, 0.05) is 31.4 Å². The topological polar surface area (TPSA) is 68.2 Å². The molecule has 0 bridgehead atoms. The zero-order valence-electron chi connectivity index (χ0n) is 18.3. The second kappa shape index (κ2) is 10.5. The van der Waals surface area contributed by atoms with E-state index in [1.165, 1.54) is 12.1 Å². The van der Waals surface area contributed by atoms with Crippen LogP contribution < -0.4 is 15.4 Å². The highest BCUT2D eigenvalue weighted by atomic mass is 19.1. The minimum Gasteiger partial charge on any atom is -0.455 e. The Morgan fingerprint density at radius 2 is 1.82 bits per heavy atom. The van der Waals surface area contributed by atoms with Gasteiger partial charge in [0.2, 0.25) is 0 Å². The highest BCUT2D eigenvalue weighted by Gasteiger charge is 2.10. The Hall–Kier alpha value is -4.13. The molecule has 0 unspecified atom stereocenters. The van der Waals surface area contributed by atoms with E-state index in [1.54, 1.807) is 24.7 Å². The van der Waals surface area contributed by atoms with Gasteiger partial charge in [-0.05, 0) is 48.4 Å². The average Bonchev–Trinajstić information content (AvgIpc) is 3.23. The Balaban J connectivity index is 1.32. The predicted octanol–water partition coefficient (Wildman–Crippen LogP) is 5.54. The van der Waals surface area contributed by atoms with Crippen molar-refractivity contribution in [3.8, 4) is 11.5 Å². The average molecular weight is 445 g/mol. The fourth-order valence-electron chi connectivity index (χ4n) is 3.45. The molecule has 2 amide bonds. The molecule has 168 valence electrons. The molecule has 0 radical (unpaired) electrons. The molecule has 0 saturated heterocycles. The number of halogens is 1. The molecule has 4 rings (SSSR count). The molecule has 0 fully saturated rings. The maximum Gasteiger partial charge on any atom is 0.319 e. The summed E-state index contributed by atoms with van der Waals surface area (Å²) < 4.78 is 21.4. The van der Waals surface area contributed by atoms with E-state index < -0.39 is 0 Å². The van der Waals surface area contributed by atoms with Gasteiger partial charge >= 0.3 is 6.03 Å². The predicted molar refractivity (Wildman–Crippen MR) is 126 cm³/mol. The number of aryl methyl sites for hydroxylation is 1. The first-order chi connectivity index (χ1) is 16.1. The number of hydrogen-bond donors (Lipinski definition) is 2. The van der Waals surface area contributed by atoms with E-state index in [4.69, 9.17) is 4.74 Å². The van der Waals surface area contributed by atoms with Crippen LogP contribution >= 0.6 is 0 Å². The van der Waals surface area contributed by atoms with E-state index in [1.807, 2.05) is 60.0 Å². The molecule has 1 aromatic heterocycles. The van der Waals surface area contributed by atoms with Crippen molar-refractivity contribution >= 4 is 11.7 Å². The second-order valence-electron chi connectivity index (χ2n) is 7.64. The second-order valence-corrected chi connectivity index (χ2v) is 7.64. The third-order valence-corrected chi connectivity index (χ3v) is 5.16.